The minimum Gasteiger partial charge on any atom is -0.339 e. The number of aromatic nitrogens is 1. The van der Waals surface area contributed by atoms with Gasteiger partial charge in [-0.2, -0.15) is 0 Å². The lowest BCUT2D eigenvalue weighted by Crippen LogP contribution is -2.38. The van der Waals surface area contributed by atoms with Crippen LogP contribution in [0, 0.1) is 0 Å². The molecule has 32 heavy (non-hydrogen) atoms. The van der Waals surface area contributed by atoms with Gasteiger partial charge in [0.15, 0.2) is 0 Å². The molecule has 2 N–H and O–H groups in total. The number of likely N-dealkylation sites (tertiary alicyclic amines) is 1. The first kappa shape index (κ1) is 25.9. The first-order valence-corrected chi connectivity index (χ1v) is 10.8. The highest BCUT2D eigenvalue weighted by molar-refractivity contribution is 5.94. The van der Waals surface area contributed by atoms with E-state index in [0.29, 0.717) is 18.0 Å². The van der Waals surface area contributed by atoms with Gasteiger partial charge in [-0.3, -0.25) is 9.78 Å². The molecule has 0 radical (unpaired) electrons. The van der Waals surface area contributed by atoms with Crippen molar-refractivity contribution in [2.75, 3.05) is 13.1 Å². The lowest BCUT2D eigenvalue weighted by Gasteiger charge is -2.32. The molecular weight excluding hydrogens is 441 g/mol. The second kappa shape index (κ2) is 12.6. The Morgan fingerprint density at radius 2 is 1.56 bits per heavy atom. The van der Waals surface area contributed by atoms with Crippen molar-refractivity contribution in [2.45, 2.75) is 38.1 Å². The molecule has 0 spiro atoms. The molecule has 1 fully saturated rings. The van der Waals surface area contributed by atoms with Crippen LogP contribution in [0.4, 0.5) is 0 Å². The SMILES string of the molecule is Cl.Cl.NCc1cccc(C2CCN(C(=O)c3cncc(CCc4ccccc4)c3)CC2)c1. The maximum atomic E-state index is 13.0. The smallest absolute Gasteiger partial charge is 0.255 e. The third-order valence-corrected chi connectivity index (χ3v) is 6.03. The van der Waals surface area contributed by atoms with Gasteiger partial charge in [0.1, 0.15) is 0 Å². The van der Waals surface area contributed by atoms with E-state index in [1.807, 2.05) is 23.2 Å². The molecule has 1 aromatic heterocycles. The first-order valence-electron chi connectivity index (χ1n) is 10.8. The van der Waals surface area contributed by atoms with E-state index in [-0.39, 0.29) is 30.7 Å². The Morgan fingerprint density at radius 1 is 0.875 bits per heavy atom. The third-order valence-electron chi connectivity index (χ3n) is 6.03. The van der Waals surface area contributed by atoms with Crippen LogP contribution in [-0.2, 0) is 19.4 Å². The summed E-state index contributed by atoms with van der Waals surface area (Å²) < 4.78 is 0. The highest BCUT2D eigenvalue weighted by atomic mass is 35.5. The average Bonchev–Trinajstić information content (AvgIpc) is 2.83. The Bertz CT molecular complexity index is 989. The van der Waals surface area contributed by atoms with Gasteiger partial charge in [0.2, 0.25) is 0 Å². The van der Waals surface area contributed by atoms with Gasteiger partial charge in [0.05, 0.1) is 5.56 Å². The molecule has 3 aromatic rings. The number of rotatable bonds is 6. The molecule has 0 atom stereocenters. The molecule has 0 saturated carbocycles. The molecule has 6 heteroatoms. The Balaban J connectivity index is 0.00000181. The van der Waals surface area contributed by atoms with E-state index in [2.05, 4.69) is 53.5 Å². The normalized spacial score (nSPS) is 13.7. The van der Waals surface area contributed by atoms with Gasteiger partial charge < -0.3 is 10.6 Å². The van der Waals surface area contributed by atoms with Crippen LogP contribution in [0.25, 0.3) is 0 Å². The lowest BCUT2D eigenvalue weighted by atomic mass is 9.88. The van der Waals surface area contributed by atoms with E-state index < -0.39 is 0 Å². The number of carbonyl (C=O) groups excluding carboxylic acids is 1. The maximum absolute atomic E-state index is 13.0. The Labute approximate surface area is 203 Å². The topological polar surface area (TPSA) is 59.2 Å². The standard InChI is InChI=1S/C26H29N3O.2ClH/c27-17-21-7-4-8-24(15-21)23-11-13-29(14-12-23)26(30)25-16-22(18-28-19-25)10-9-20-5-2-1-3-6-20;;/h1-8,15-16,18-19,23H,9-14,17,27H2;2*1H. The molecule has 1 aliphatic rings. The summed E-state index contributed by atoms with van der Waals surface area (Å²) in [6.07, 6.45) is 7.38. The molecule has 0 unspecified atom stereocenters. The second-order valence-electron chi connectivity index (χ2n) is 8.08. The zero-order chi connectivity index (χ0) is 20.8. The summed E-state index contributed by atoms with van der Waals surface area (Å²) >= 11 is 0. The van der Waals surface area contributed by atoms with Gasteiger partial charge in [-0.25, -0.2) is 0 Å². The zero-order valence-electron chi connectivity index (χ0n) is 18.2. The summed E-state index contributed by atoms with van der Waals surface area (Å²) in [5.74, 6) is 0.592. The van der Waals surface area contributed by atoms with Crippen LogP contribution in [0.3, 0.4) is 0 Å². The van der Waals surface area contributed by atoms with E-state index >= 15 is 0 Å². The van der Waals surface area contributed by atoms with E-state index in [9.17, 15) is 4.79 Å². The van der Waals surface area contributed by atoms with Crippen LogP contribution in [0.5, 0.6) is 0 Å². The van der Waals surface area contributed by atoms with Crippen LogP contribution >= 0.6 is 24.8 Å². The Morgan fingerprint density at radius 3 is 2.28 bits per heavy atom. The molecule has 4 nitrogen and oxygen atoms in total. The van der Waals surface area contributed by atoms with Crippen molar-refractivity contribution in [2.24, 2.45) is 5.73 Å². The van der Waals surface area contributed by atoms with Crippen molar-refractivity contribution >= 4 is 30.7 Å². The number of nitrogens with two attached hydrogens (primary N) is 1. The average molecular weight is 472 g/mol. The van der Waals surface area contributed by atoms with E-state index in [1.165, 1.54) is 16.7 Å². The predicted molar refractivity (Wildman–Crippen MR) is 135 cm³/mol. The summed E-state index contributed by atoms with van der Waals surface area (Å²) in [6, 6.07) is 21.0. The minimum absolute atomic E-state index is 0. The van der Waals surface area contributed by atoms with E-state index in [0.717, 1.165) is 44.3 Å². The van der Waals surface area contributed by atoms with Gasteiger partial charge >= 0.3 is 0 Å². The number of amides is 1. The number of hydrogen-bond acceptors (Lipinski definition) is 3. The fourth-order valence-corrected chi connectivity index (χ4v) is 4.25. The monoisotopic (exact) mass is 471 g/mol. The maximum Gasteiger partial charge on any atom is 0.255 e. The fourth-order valence-electron chi connectivity index (χ4n) is 4.25. The minimum atomic E-state index is 0. The van der Waals surface area contributed by atoms with Gasteiger partial charge in [-0.1, -0.05) is 54.6 Å². The molecule has 0 aliphatic carbocycles. The first-order chi connectivity index (χ1) is 14.7. The van der Waals surface area contributed by atoms with E-state index in [1.54, 1.807) is 6.20 Å². The second-order valence-corrected chi connectivity index (χ2v) is 8.08. The van der Waals surface area contributed by atoms with Crippen molar-refractivity contribution in [3.05, 3.63) is 101 Å². The highest BCUT2D eigenvalue weighted by Crippen LogP contribution is 2.29. The van der Waals surface area contributed by atoms with Gasteiger partial charge in [0.25, 0.3) is 5.91 Å². The Kier molecular flexibility index (Phi) is 10.2. The number of hydrogen-bond donors (Lipinski definition) is 1. The lowest BCUT2D eigenvalue weighted by molar-refractivity contribution is 0.0712. The molecule has 1 saturated heterocycles. The zero-order valence-corrected chi connectivity index (χ0v) is 19.8. The number of aryl methyl sites for hydroxylation is 2. The number of carbonyl (C=O) groups is 1. The number of piperidine rings is 1. The Hall–Kier alpha value is -2.40. The molecule has 1 amide bonds. The summed E-state index contributed by atoms with van der Waals surface area (Å²) in [4.78, 5) is 19.3. The molecule has 170 valence electrons. The van der Waals surface area contributed by atoms with Gasteiger partial charge in [-0.05, 0) is 59.9 Å². The predicted octanol–water partition coefficient (Wildman–Crippen LogP) is 5.19. The van der Waals surface area contributed by atoms with Crippen LogP contribution in [0.1, 0.15) is 51.4 Å². The van der Waals surface area contributed by atoms with Crippen LogP contribution in [0.15, 0.2) is 73.1 Å². The molecular formula is C26H31Cl2N3O. The van der Waals surface area contributed by atoms with Crippen molar-refractivity contribution < 1.29 is 4.79 Å². The van der Waals surface area contributed by atoms with Crippen LogP contribution < -0.4 is 5.73 Å². The van der Waals surface area contributed by atoms with Crippen molar-refractivity contribution in [3.63, 3.8) is 0 Å². The van der Waals surface area contributed by atoms with Crippen molar-refractivity contribution in [1.29, 1.82) is 0 Å². The molecule has 0 bridgehead atoms. The third kappa shape index (κ3) is 6.55. The molecule has 1 aliphatic heterocycles. The van der Waals surface area contributed by atoms with Crippen molar-refractivity contribution in [1.82, 2.24) is 9.88 Å². The summed E-state index contributed by atoms with van der Waals surface area (Å²) in [6.45, 7) is 2.13. The van der Waals surface area contributed by atoms with Crippen molar-refractivity contribution in [3.8, 4) is 0 Å². The van der Waals surface area contributed by atoms with Crippen LogP contribution in [0.2, 0.25) is 0 Å². The quantitative estimate of drug-likeness (QED) is 0.537. The number of halogens is 2. The van der Waals surface area contributed by atoms with Gasteiger partial charge in [-0.15, -0.1) is 24.8 Å². The largest absolute Gasteiger partial charge is 0.339 e. The highest BCUT2D eigenvalue weighted by Gasteiger charge is 2.25. The van der Waals surface area contributed by atoms with Gasteiger partial charge in [0, 0.05) is 32.0 Å². The number of nitrogens with zero attached hydrogens (tertiary/aromatic N) is 2. The molecule has 2 heterocycles. The molecule has 4 rings (SSSR count). The van der Waals surface area contributed by atoms with Crippen LogP contribution in [-0.4, -0.2) is 28.9 Å². The summed E-state index contributed by atoms with van der Waals surface area (Å²) in [5.41, 5.74) is 11.4. The molecule has 2 aromatic carbocycles. The number of pyridine rings is 1. The fraction of sp³-hybridized carbons (Fsp3) is 0.308. The number of benzene rings is 2. The van der Waals surface area contributed by atoms with E-state index in [4.69, 9.17) is 5.73 Å². The summed E-state index contributed by atoms with van der Waals surface area (Å²) in [7, 11) is 0. The summed E-state index contributed by atoms with van der Waals surface area (Å²) in [5, 5.41) is 0.